The van der Waals surface area contributed by atoms with E-state index >= 15 is 0 Å². The van der Waals surface area contributed by atoms with Crippen molar-refractivity contribution < 1.29 is 0 Å². The van der Waals surface area contributed by atoms with Crippen LogP contribution in [0.15, 0.2) is 42.9 Å². The smallest absolute Gasteiger partial charge is 0.140 e. The largest absolute Gasteiger partial charge is 0.325 e. The van der Waals surface area contributed by atoms with Gasteiger partial charge in [0.2, 0.25) is 0 Å². The Morgan fingerprint density at radius 3 is 2.80 bits per heavy atom. The number of nitrogens with two attached hydrogens (primary N) is 1. The zero-order chi connectivity index (χ0) is 13.9. The van der Waals surface area contributed by atoms with Crippen molar-refractivity contribution >= 4 is 5.65 Å². The number of hydrogen-bond acceptors (Lipinski definition) is 3. The minimum absolute atomic E-state index is 0.459. The Hall–Kier alpha value is -2.20. The molecule has 0 aliphatic heterocycles. The van der Waals surface area contributed by atoms with Crippen molar-refractivity contribution in [3.8, 4) is 0 Å². The Kier molecular flexibility index (Phi) is 3.48. The summed E-state index contributed by atoms with van der Waals surface area (Å²) < 4.78 is 1.92. The van der Waals surface area contributed by atoms with Crippen molar-refractivity contribution in [1.82, 2.24) is 14.4 Å². The standard InChI is InChI=1S/C16H18N4/c1-12-4-2-3-5-13(12)6-7-14-8-16-19-15(9-17)10-20(16)11-18-14/h2-5,8,10-11H,6-7,9,17H2,1H3. The molecule has 0 radical (unpaired) electrons. The molecule has 0 saturated carbocycles. The number of nitrogens with zero attached hydrogens (tertiary/aromatic N) is 3. The molecule has 0 bridgehead atoms. The molecular weight excluding hydrogens is 248 g/mol. The second-order valence-electron chi connectivity index (χ2n) is 5.01. The molecule has 4 nitrogen and oxygen atoms in total. The molecule has 4 heteroatoms. The van der Waals surface area contributed by atoms with E-state index in [-0.39, 0.29) is 0 Å². The van der Waals surface area contributed by atoms with Crippen LogP contribution in [0.5, 0.6) is 0 Å². The third-order valence-electron chi connectivity index (χ3n) is 3.58. The summed E-state index contributed by atoms with van der Waals surface area (Å²) in [5.41, 5.74) is 11.2. The van der Waals surface area contributed by atoms with Crippen molar-refractivity contribution in [2.45, 2.75) is 26.3 Å². The van der Waals surface area contributed by atoms with Gasteiger partial charge in [0.05, 0.1) is 5.69 Å². The molecule has 0 saturated heterocycles. The maximum atomic E-state index is 5.61. The minimum atomic E-state index is 0.459. The molecule has 3 rings (SSSR count). The highest BCUT2D eigenvalue weighted by molar-refractivity contribution is 5.40. The normalized spacial score (nSPS) is 11.1. The van der Waals surface area contributed by atoms with Gasteiger partial charge in [0.25, 0.3) is 0 Å². The van der Waals surface area contributed by atoms with Gasteiger partial charge in [-0.3, -0.25) is 4.40 Å². The highest BCUT2D eigenvalue weighted by atomic mass is 15.0. The van der Waals surface area contributed by atoms with Gasteiger partial charge in [0, 0.05) is 24.5 Å². The lowest BCUT2D eigenvalue weighted by Crippen LogP contribution is -1.98. The van der Waals surface area contributed by atoms with Crippen LogP contribution in [-0.2, 0) is 19.4 Å². The van der Waals surface area contributed by atoms with E-state index < -0.39 is 0 Å². The number of fused-ring (bicyclic) bond motifs is 1. The number of imidazole rings is 1. The molecule has 102 valence electrons. The molecule has 0 fully saturated rings. The first-order valence-corrected chi connectivity index (χ1v) is 6.83. The van der Waals surface area contributed by atoms with Gasteiger partial charge in [-0.05, 0) is 30.9 Å². The molecule has 0 atom stereocenters. The van der Waals surface area contributed by atoms with Gasteiger partial charge in [-0.25, -0.2) is 9.97 Å². The molecule has 0 unspecified atom stereocenters. The molecule has 2 heterocycles. The third-order valence-corrected chi connectivity index (χ3v) is 3.58. The van der Waals surface area contributed by atoms with Crippen LogP contribution in [-0.4, -0.2) is 14.4 Å². The van der Waals surface area contributed by atoms with Crippen LogP contribution in [0.2, 0.25) is 0 Å². The van der Waals surface area contributed by atoms with Gasteiger partial charge in [0.1, 0.15) is 12.0 Å². The van der Waals surface area contributed by atoms with Gasteiger partial charge in [0.15, 0.2) is 0 Å². The predicted molar refractivity (Wildman–Crippen MR) is 79.5 cm³/mol. The Morgan fingerprint density at radius 2 is 2.00 bits per heavy atom. The van der Waals surface area contributed by atoms with Gasteiger partial charge in [-0.1, -0.05) is 24.3 Å². The Balaban J connectivity index is 1.79. The molecule has 0 spiro atoms. The van der Waals surface area contributed by atoms with Crippen molar-refractivity contribution in [2.24, 2.45) is 5.73 Å². The van der Waals surface area contributed by atoms with Crippen molar-refractivity contribution in [2.75, 3.05) is 0 Å². The number of hydrogen-bond donors (Lipinski definition) is 1. The zero-order valence-electron chi connectivity index (χ0n) is 11.6. The number of aryl methyl sites for hydroxylation is 3. The number of benzene rings is 1. The van der Waals surface area contributed by atoms with E-state index in [1.165, 1.54) is 11.1 Å². The molecule has 0 amide bonds. The van der Waals surface area contributed by atoms with E-state index in [0.717, 1.165) is 29.9 Å². The van der Waals surface area contributed by atoms with E-state index in [1.807, 2.05) is 23.0 Å². The Labute approximate surface area is 118 Å². The van der Waals surface area contributed by atoms with Crippen molar-refractivity contribution in [3.63, 3.8) is 0 Å². The van der Waals surface area contributed by atoms with E-state index in [2.05, 4.69) is 41.2 Å². The van der Waals surface area contributed by atoms with Crippen LogP contribution in [0.3, 0.4) is 0 Å². The summed E-state index contributed by atoms with van der Waals surface area (Å²) in [6.07, 6.45) is 5.66. The summed E-state index contributed by atoms with van der Waals surface area (Å²) >= 11 is 0. The van der Waals surface area contributed by atoms with E-state index in [1.54, 1.807) is 0 Å². The monoisotopic (exact) mass is 266 g/mol. The topological polar surface area (TPSA) is 56.2 Å². The van der Waals surface area contributed by atoms with Crippen LogP contribution in [0.1, 0.15) is 22.5 Å². The molecule has 0 aliphatic carbocycles. The van der Waals surface area contributed by atoms with Gasteiger partial charge < -0.3 is 5.73 Å². The highest BCUT2D eigenvalue weighted by Gasteiger charge is 2.04. The fourth-order valence-electron chi connectivity index (χ4n) is 2.37. The molecule has 3 aromatic rings. The lowest BCUT2D eigenvalue weighted by atomic mass is 10.0. The van der Waals surface area contributed by atoms with E-state index in [4.69, 9.17) is 5.73 Å². The van der Waals surface area contributed by atoms with Crippen molar-refractivity contribution in [3.05, 3.63) is 65.4 Å². The zero-order valence-corrected chi connectivity index (χ0v) is 11.6. The summed E-state index contributed by atoms with van der Waals surface area (Å²) in [4.78, 5) is 8.94. The molecule has 2 N–H and O–H groups in total. The van der Waals surface area contributed by atoms with Gasteiger partial charge in [-0.15, -0.1) is 0 Å². The highest BCUT2D eigenvalue weighted by Crippen LogP contribution is 2.12. The van der Waals surface area contributed by atoms with Crippen LogP contribution < -0.4 is 5.73 Å². The second-order valence-corrected chi connectivity index (χ2v) is 5.01. The Bertz CT molecular complexity index is 730. The molecule has 1 aromatic carbocycles. The molecular formula is C16H18N4. The van der Waals surface area contributed by atoms with E-state index in [9.17, 15) is 0 Å². The summed E-state index contributed by atoms with van der Waals surface area (Å²) in [7, 11) is 0. The summed E-state index contributed by atoms with van der Waals surface area (Å²) in [6, 6.07) is 10.5. The molecule has 2 aromatic heterocycles. The van der Waals surface area contributed by atoms with Gasteiger partial charge in [-0.2, -0.15) is 0 Å². The fraction of sp³-hybridized carbons (Fsp3) is 0.250. The first kappa shape index (κ1) is 12.8. The quantitative estimate of drug-likeness (QED) is 0.788. The SMILES string of the molecule is Cc1ccccc1CCc1cc2nc(CN)cn2cn1. The summed E-state index contributed by atoms with van der Waals surface area (Å²) in [6.45, 7) is 2.61. The van der Waals surface area contributed by atoms with E-state index in [0.29, 0.717) is 6.54 Å². The molecule has 20 heavy (non-hydrogen) atoms. The molecule has 0 aliphatic rings. The predicted octanol–water partition coefficient (Wildman–Crippen LogP) is 2.28. The van der Waals surface area contributed by atoms with Gasteiger partial charge >= 0.3 is 0 Å². The maximum Gasteiger partial charge on any atom is 0.140 e. The number of rotatable bonds is 4. The number of aromatic nitrogens is 3. The second kappa shape index (κ2) is 5.43. The lowest BCUT2D eigenvalue weighted by molar-refractivity contribution is 0.889. The third kappa shape index (κ3) is 2.56. The average Bonchev–Trinajstić information content (AvgIpc) is 2.88. The summed E-state index contributed by atoms with van der Waals surface area (Å²) in [5, 5.41) is 0. The van der Waals surface area contributed by atoms with Crippen LogP contribution in [0, 0.1) is 6.92 Å². The fourth-order valence-corrected chi connectivity index (χ4v) is 2.37. The minimum Gasteiger partial charge on any atom is -0.325 e. The van der Waals surface area contributed by atoms with Crippen LogP contribution in [0.4, 0.5) is 0 Å². The van der Waals surface area contributed by atoms with Crippen LogP contribution >= 0.6 is 0 Å². The Morgan fingerprint density at radius 1 is 1.15 bits per heavy atom. The first-order valence-electron chi connectivity index (χ1n) is 6.83. The maximum absolute atomic E-state index is 5.61. The van der Waals surface area contributed by atoms with Crippen molar-refractivity contribution in [1.29, 1.82) is 0 Å². The lowest BCUT2D eigenvalue weighted by Gasteiger charge is -2.05. The average molecular weight is 266 g/mol. The summed E-state index contributed by atoms with van der Waals surface area (Å²) in [5.74, 6) is 0. The van der Waals surface area contributed by atoms with Crippen LogP contribution in [0.25, 0.3) is 5.65 Å². The first-order chi connectivity index (χ1) is 9.76.